The second-order valence-corrected chi connectivity index (χ2v) is 11.0. The van der Waals surface area contributed by atoms with Crippen LogP contribution in [-0.4, -0.2) is 84.2 Å². The zero-order valence-corrected chi connectivity index (χ0v) is 23.2. The van der Waals surface area contributed by atoms with Gasteiger partial charge >= 0.3 is 11.9 Å². The van der Waals surface area contributed by atoms with E-state index in [1.54, 1.807) is 13.8 Å². The monoisotopic (exact) mass is 511 g/mol. The van der Waals surface area contributed by atoms with E-state index in [9.17, 15) is 19.5 Å². The fourth-order valence-corrected chi connectivity index (χ4v) is 5.19. The van der Waals surface area contributed by atoms with Crippen molar-refractivity contribution in [2.45, 2.75) is 110 Å². The smallest absolute Gasteiger partial charge is 0.311 e. The molecule has 36 heavy (non-hydrogen) atoms. The second kappa shape index (κ2) is 12.6. The highest BCUT2D eigenvalue weighted by atomic mass is 16.7. The first kappa shape index (κ1) is 30.4. The van der Waals surface area contributed by atoms with E-state index in [-0.39, 0.29) is 29.8 Å². The number of aliphatic hydroxyl groups is 1. The van der Waals surface area contributed by atoms with E-state index in [4.69, 9.17) is 18.9 Å². The summed E-state index contributed by atoms with van der Waals surface area (Å²) in [6.45, 7) is 12.1. The molecule has 0 aromatic carbocycles. The highest BCUT2D eigenvalue weighted by Gasteiger charge is 2.45. The number of esters is 2. The van der Waals surface area contributed by atoms with Gasteiger partial charge < -0.3 is 29.0 Å². The molecule has 2 rings (SSSR count). The third-order valence-corrected chi connectivity index (χ3v) is 7.35. The molecule has 0 bridgehead atoms. The van der Waals surface area contributed by atoms with Crippen LogP contribution >= 0.6 is 0 Å². The van der Waals surface area contributed by atoms with Gasteiger partial charge in [0.25, 0.3) is 0 Å². The number of cyclic esters (lactones) is 1. The van der Waals surface area contributed by atoms with E-state index in [1.165, 1.54) is 26.0 Å². The first-order valence-electron chi connectivity index (χ1n) is 13.0. The predicted octanol–water partition coefficient (Wildman–Crippen LogP) is 2.88. The van der Waals surface area contributed by atoms with E-state index in [2.05, 4.69) is 0 Å². The number of ketones is 1. The van der Waals surface area contributed by atoms with E-state index in [0.29, 0.717) is 19.3 Å². The lowest BCUT2D eigenvalue weighted by molar-refractivity contribution is -0.283. The average Bonchev–Trinajstić information content (AvgIpc) is 2.78. The van der Waals surface area contributed by atoms with E-state index < -0.39 is 48.1 Å². The van der Waals surface area contributed by atoms with Crippen LogP contribution in [-0.2, 0) is 33.3 Å². The molecule has 1 N–H and O–H groups in total. The number of allylic oxidation sites excluding steroid dienone is 1. The first-order valence-corrected chi connectivity index (χ1v) is 13.0. The maximum atomic E-state index is 13.3. The van der Waals surface area contributed by atoms with Crippen LogP contribution in [0.25, 0.3) is 0 Å². The Bertz CT molecular complexity index is 810. The van der Waals surface area contributed by atoms with Gasteiger partial charge in [-0.05, 0) is 72.2 Å². The molecule has 206 valence electrons. The number of hydrogen-bond acceptors (Lipinski definition) is 9. The largest absolute Gasteiger partial charge is 0.459 e. The van der Waals surface area contributed by atoms with Gasteiger partial charge in [-0.1, -0.05) is 20.8 Å². The molecule has 0 aromatic heterocycles. The molecule has 2 heterocycles. The minimum absolute atomic E-state index is 0.122. The van der Waals surface area contributed by atoms with Crippen LogP contribution in [0.2, 0.25) is 0 Å². The molecule has 0 unspecified atom stereocenters. The molecular formula is C27H45NO8. The lowest BCUT2D eigenvalue weighted by atomic mass is 9.84. The number of ether oxygens (including phenoxy) is 4. The summed E-state index contributed by atoms with van der Waals surface area (Å²) in [4.78, 5) is 40.0. The third kappa shape index (κ3) is 7.60. The Kier molecular flexibility index (Phi) is 10.7. The number of nitrogens with zero attached hydrogens (tertiary/aromatic N) is 1. The van der Waals surface area contributed by atoms with Gasteiger partial charge in [-0.15, -0.1) is 0 Å². The maximum Gasteiger partial charge on any atom is 0.311 e. The highest BCUT2D eigenvalue weighted by molar-refractivity contribution is 5.91. The van der Waals surface area contributed by atoms with Crippen LogP contribution in [0.3, 0.4) is 0 Å². The Morgan fingerprint density at radius 1 is 1.17 bits per heavy atom. The lowest BCUT2D eigenvalue weighted by Gasteiger charge is -2.45. The highest BCUT2D eigenvalue weighted by Crippen LogP contribution is 2.33. The molecule has 9 heteroatoms. The molecule has 0 amide bonds. The number of rotatable bonds is 5. The van der Waals surface area contributed by atoms with Crippen molar-refractivity contribution in [3.63, 3.8) is 0 Å². The normalized spacial score (nSPS) is 41.7. The molecule has 10 atom stereocenters. The van der Waals surface area contributed by atoms with Crippen LogP contribution in [0, 0.1) is 17.8 Å². The fraction of sp³-hybridized carbons (Fsp3) is 0.815. The number of carbonyl (C=O) groups is 3. The summed E-state index contributed by atoms with van der Waals surface area (Å²) in [6.07, 6.45) is 0.963. The summed E-state index contributed by atoms with van der Waals surface area (Å²) < 4.78 is 24.0. The Balaban J connectivity index is 2.44. The number of likely N-dealkylation sites (N-methyl/N-ethyl adjacent to an activating group) is 1. The van der Waals surface area contributed by atoms with Crippen LogP contribution < -0.4 is 0 Å². The summed E-state index contributed by atoms with van der Waals surface area (Å²) in [5.41, 5.74) is -1.50. The van der Waals surface area contributed by atoms with Gasteiger partial charge in [0.2, 0.25) is 0 Å². The molecule has 0 radical (unpaired) electrons. The Morgan fingerprint density at radius 2 is 1.81 bits per heavy atom. The van der Waals surface area contributed by atoms with Gasteiger partial charge in [-0.3, -0.25) is 14.4 Å². The van der Waals surface area contributed by atoms with Crippen molar-refractivity contribution >= 4 is 17.7 Å². The minimum Gasteiger partial charge on any atom is -0.459 e. The molecule has 1 saturated heterocycles. The molecule has 2 aliphatic rings. The molecule has 0 spiro atoms. The molecule has 0 saturated carbocycles. The standard InChI is InChI=1S/C27H45NO8/c1-10-22-27(7,32)12-11-21(30)15(2)13-16(3)23(18(5)25(31)35-22)36-26-24(34-19(6)29)20(28(8)9)14-17(4)33-26/h11-12,15-18,20,22-24,26,32H,10,13-14H2,1-9H3/b12-11+/t15-,16+,17-,18-,20+,22-,23+,24-,26+,27+/m1/s1. The van der Waals surface area contributed by atoms with Gasteiger partial charge in [0, 0.05) is 12.8 Å². The Morgan fingerprint density at radius 3 is 2.36 bits per heavy atom. The third-order valence-electron chi connectivity index (χ3n) is 7.35. The zero-order chi connectivity index (χ0) is 27.4. The fourth-order valence-electron chi connectivity index (χ4n) is 5.19. The van der Waals surface area contributed by atoms with Crippen molar-refractivity contribution in [2.24, 2.45) is 17.8 Å². The van der Waals surface area contributed by atoms with Crippen LogP contribution in [0.5, 0.6) is 0 Å². The Hall–Kier alpha value is -1.81. The summed E-state index contributed by atoms with van der Waals surface area (Å²) in [6, 6.07) is -0.142. The molecule has 9 nitrogen and oxygen atoms in total. The van der Waals surface area contributed by atoms with Gasteiger partial charge in [0.15, 0.2) is 18.2 Å². The van der Waals surface area contributed by atoms with Crippen molar-refractivity contribution < 1.29 is 38.4 Å². The van der Waals surface area contributed by atoms with Crippen LogP contribution in [0.4, 0.5) is 0 Å². The molecule has 0 aliphatic carbocycles. The zero-order valence-electron chi connectivity index (χ0n) is 23.2. The van der Waals surface area contributed by atoms with Crippen molar-refractivity contribution in [2.75, 3.05) is 14.1 Å². The van der Waals surface area contributed by atoms with E-state index in [1.807, 2.05) is 39.8 Å². The van der Waals surface area contributed by atoms with E-state index >= 15 is 0 Å². The SMILES string of the molecule is CC[C@H]1OC(=O)[C@H](C)[C@@H](O[C@@H]2O[C@H](C)C[C@H](N(C)C)[C@H]2OC(C)=O)[C@@H](C)C[C@@H](C)C(=O)/C=C/[C@]1(C)O. The molecule has 2 aliphatic heterocycles. The van der Waals surface area contributed by atoms with Crippen molar-refractivity contribution in [1.82, 2.24) is 4.90 Å². The summed E-state index contributed by atoms with van der Waals surface area (Å²) in [7, 11) is 3.82. The first-order chi connectivity index (χ1) is 16.7. The van der Waals surface area contributed by atoms with Crippen LogP contribution in [0.15, 0.2) is 12.2 Å². The topological polar surface area (TPSA) is 112 Å². The number of hydrogen-bond donors (Lipinski definition) is 1. The average molecular weight is 512 g/mol. The summed E-state index contributed by atoms with van der Waals surface area (Å²) in [5.74, 6) is -2.39. The van der Waals surface area contributed by atoms with E-state index in [0.717, 1.165) is 0 Å². The van der Waals surface area contributed by atoms with Gasteiger partial charge in [0.05, 0.1) is 24.2 Å². The minimum atomic E-state index is -1.50. The van der Waals surface area contributed by atoms with Crippen LogP contribution in [0.1, 0.15) is 67.7 Å². The predicted molar refractivity (Wildman–Crippen MR) is 134 cm³/mol. The summed E-state index contributed by atoms with van der Waals surface area (Å²) >= 11 is 0. The quantitative estimate of drug-likeness (QED) is 0.557. The van der Waals surface area contributed by atoms with Crippen molar-refractivity contribution in [1.29, 1.82) is 0 Å². The summed E-state index contributed by atoms with van der Waals surface area (Å²) in [5, 5.41) is 10.9. The molecule has 0 aromatic rings. The van der Waals surface area contributed by atoms with Gasteiger partial charge in [-0.2, -0.15) is 0 Å². The lowest BCUT2D eigenvalue weighted by Crippen LogP contribution is -2.57. The Labute approximate surface area is 215 Å². The second-order valence-electron chi connectivity index (χ2n) is 11.0. The molecular weight excluding hydrogens is 466 g/mol. The van der Waals surface area contributed by atoms with Crippen molar-refractivity contribution in [3.8, 4) is 0 Å². The maximum absolute atomic E-state index is 13.3. The van der Waals surface area contributed by atoms with Gasteiger partial charge in [0.1, 0.15) is 11.7 Å². The molecule has 1 fully saturated rings. The van der Waals surface area contributed by atoms with Crippen molar-refractivity contribution in [3.05, 3.63) is 12.2 Å². The van der Waals surface area contributed by atoms with Gasteiger partial charge in [-0.25, -0.2) is 0 Å². The number of carbonyl (C=O) groups excluding carboxylic acids is 3.